The molecule has 0 atom stereocenters. The lowest BCUT2D eigenvalue weighted by Gasteiger charge is -2.35. The van der Waals surface area contributed by atoms with Crippen LogP contribution >= 0.6 is 0 Å². The summed E-state index contributed by atoms with van der Waals surface area (Å²) in [6.07, 6.45) is 10.9. The fourth-order valence-corrected chi connectivity index (χ4v) is 8.18. The number of unbranched alkanes of at least 4 members (excludes halogenated alkanes) is 6. The van der Waals surface area contributed by atoms with Gasteiger partial charge in [-0.2, -0.15) is 0 Å². The normalized spacial score (nSPS) is 11.6. The molecule has 0 saturated carbocycles. The van der Waals surface area contributed by atoms with Gasteiger partial charge in [0.05, 0.1) is 5.69 Å². The molecule has 2 amide bonds. The third-order valence-corrected chi connectivity index (χ3v) is 11.4. The van der Waals surface area contributed by atoms with Crippen LogP contribution in [0.5, 0.6) is 0 Å². The van der Waals surface area contributed by atoms with E-state index in [1.54, 1.807) is 0 Å². The zero-order valence-corrected chi connectivity index (χ0v) is 35.9. The van der Waals surface area contributed by atoms with E-state index in [0.29, 0.717) is 12.8 Å². The maximum atomic E-state index is 13.1. The number of nitrogens with one attached hydrogen (secondary N) is 2. The molecular weight excluding hydrogens is 783 g/mol. The first kappa shape index (κ1) is 44.4. The fourth-order valence-electron chi connectivity index (χ4n) is 8.18. The molecule has 2 N–H and O–H groups in total. The van der Waals surface area contributed by atoms with Gasteiger partial charge in [0.1, 0.15) is 0 Å². The van der Waals surface area contributed by atoms with Gasteiger partial charge in [-0.3, -0.25) is 23.9 Å². The SMILES string of the molecule is O=C(CCCCCCc1cn(CCCCCCC(=O)NOC(c2ccccc2)(c2ccccc2)c2ccccc2)nn1)NOC(c1ccccc1)(c1ccccc1)c1ccccc1. The maximum absolute atomic E-state index is 13.1. The Morgan fingerprint density at radius 3 is 1.10 bits per heavy atom. The Balaban J connectivity index is 0.792. The maximum Gasteiger partial charge on any atom is 0.243 e. The molecule has 1 aromatic heterocycles. The number of hydrogen-bond donors (Lipinski definition) is 2. The van der Waals surface area contributed by atoms with Crippen molar-refractivity contribution in [2.45, 2.75) is 88.4 Å². The van der Waals surface area contributed by atoms with Crippen LogP contribution in [-0.4, -0.2) is 26.8 Å². The Labute approximate surface area is 371 Å². The van der Waals surface area contributed by atoms with E-state index in [1.165, 1.54) is 0 Å². The summed E-state index contributed by atoms with van der Waals surface area (Å²) in [5.41, 5.74) is 10.2. The Kier molecular flexibility index (Phi) is 16.2. The molecule has 63 heavy (non-hydrogen) atoms. The second-order valence-electron chi connectivity index (χ2n) is 15.9. The van der Waals surface area contributed by atoms with Gasteiger partial charge in [-0.25, -0.2) is 11.0 Å². The second kappa shape index (κ2) is 23.0. The first-order chi connectivity index (χ1) is 31.1. The van der Waals surface area contributed by atoms with Crippen molar-refractivity contribution in [3.8, 4) is 0 Å². The zero-order chi connectivity index (χ0) is 43.4. The van der Waals surface area contributed by atoms with Gasteiger partial charge in [0.15, 0.2) is 11.2 Å². The van der Waals surface area contributed by atoms with Crippen LogP contribution in [0.2, 0.25) is 0 Å². The number of rotatable bonds is 24. The van der Waals surface area contributed by atoms with Crippen molar-refractivity contribution >= 4 is 11.8 Å². The number of nitrogens with zero attached hydrogens (tertiary/aromatic N) is 3. The highest BCUT2D eigenvalue weighted by atomic mass is 16.7. The van der Waals surface area contributed by atoms with Crippen LogP contribution in [0, 0.1) is 0 Å². The molecule has 0 unspecified atom stereocenters. The van der Waals surface area contributed by atoms with Gasteiger partial charge < -0.3 is 0 Å². The fraction of sp³-hybridized carbons (Fsp3) is 0.259. The van der Waals surface area contributed by atoms with Crippen molar-refractivity contribution in [3.63, 3.8) is 0 Å². The van der Waals surface area contributed by atoms with Crippen molar-refractivity contribution < 1.29 is 19.3 Å². The van der Waals surface area contributed by atoms with Gasteiger partial charge in [0.25, 0.3) is 0 Å². The van der Waals surface area contributed by atoms with Crippen LogP contribution in [0.3, 0.4) is 0 Å². The average molecular weight is 840 g/mol. The molecule has 9 nitrogen and oxygen atoms in total. The summed E-state index contributed by atoms with van der Waals surface area (Å²) in [4.78, 5) is 39.2. The second-order valence-corrected chi connectivity index (χ2v) is 15.9. The summed E-state index contributed by atoms with van der Waals surface area (Å²) >= 11 is 0. The van der Waals surface area contributed by atoms with E-state index in [2.05, 4.69) is 21.3 Å². The quantitative estimate of drug-likeness (QED) is 0.0357. The summed E-state index contributed by atoms with van der Waals surface area (Å²) in [5.74, 6) is -0.289. The Bertz CT molecular complexity index is 2030. The molecule has 0 spiro atoms. The highest BCUT2D eigenvalue weighted by Gasteiger charge is 2.40. The molecule has 0 saturated heterocycles. The summed E-state index contributed by atoms with van der Waals surface area (Å²) in [7, 11) is 0. The van der Waals surface area contributed by atoms with E-state index in [1.807, 2.05) is 193 Å². The third kappa shape index (κ3) is 11.6. The number of benzene rings is 6. The van der Waals surface area contributed by atoms with Crippen LogP contribution < -0.4 is 11.0 Å². The Morgan fingerprint density at radius 2 is 0.746 bits per heavy atom. The number of hydroxylamine groups is 2. The Morgan fingerprint density at radius 1 is 0.429 bits per heavy atom. The number of carbonyl (C=O) groups excluding carboxylic acids is 2. The molecule has 0 aliphatic heterocycles. The molecule has 6 aromatic carbocycles. The van der Waals surface area contributed by atoms with Crippen LogP contribution in [0.15, 0.2) is 188 Å². The van der Waals surface area contributed by atoms with Crippen molar-refractivity contribution in [2.24, 2.45) is 0 Å². The van der Waals surface area contributed by atoms with E-state index < -0.39 is 11.2 Å². The van der Waals surface area contributed by atoms with E-state index in [9.17, 15) is 9.59 Å². The van der Waals surface area contributed by atoms with Gasteiger partial charge in [0, 0.05) is 25.6 Å². The summed E-state index contributed by atoms with van der Waals surface area (Å²) in [6, 6.07) is 60.1. The van der Waals surface area contributed by atoms with Crippen LogP contribution in [-0.2, 0) is 43.4 Å². The largest absolute Gasteiger partial charge is 0.273 e. The minimum Gasteiger partial charge on any atom is -0.273 e. The average Bonchev–Trinajstić information content (AvgIpc) is 3.81. The standard InChI is InChI=1S/C54H57N5O4/c60-51(56-62-53(44-27-11-5-12-28-44,45-29-13-6-14-30-45)46-31-15-7-16-32-46)40-24-2-1-23-39-50-43-59(58-55-50)42-26-4-3-25-41-52(61)57-63-54(47-33-17-8-18-34-47,48-35-19-9-20-36-48)49-37-21-10-22-38-49/h5-22,27-38,43H,1-4,23-26,39-42H2,(H,56,60)(H,57,61). The monoisotopic (exact) mass is 839 g/mol. The molecule has 0 fully saturated rings. The third-order valence-electron chi connectivity index (χ3n) is 11.4. The molecule has 9 heteroatoms. The van der Waals surface area contributed by atoms with Crippen LogP contribution in [0.25, 0.3) is 0 Å². The van der Waals surface area contributed by atoms with Gasteiger partial charge in [0.2, 0.25) is 11.8 Å². The number of aromatic nitrogens is 3. The van der Waals surface area contributed by atoms with Gasteiger partial charge in [-0.05, 0) is 65.5 Å². The number of aryl methyl sites for hydroxylation is 2. The summed E-state index contributed by atoms with van der Waals surface area (Å²) < 4.78 is 1.91. The van der Waals surface area contributed by atoms with Crippen molar-refractivity contribution in [3.05, 3.63) is 227 Å². The summed E-state index contributed by atoms with van der Waals surface area (Å²) in [5, 5.41) is 8.74. The van der Waals surface area contributed by atoms with E-state index in [0.717, 1.165) is 103 Å². The molecule has 7 rings (SSSR count). The number of hydrogen-bond acceptors (Lipinski definition) is 6. The van der Waals surface area contributed by atoms with Gasteiger partial charge in [-0.1, -0.05) is 213 Å². The van der Waals surface area contributed by atoms with Gasteiger partial charge >= 0.3 is 0 Å². The first-order valence-corrected chi connectivity index (χ1v) is 22.2. The molecule has 7 aromatic rings. The van der Waals surface area contributed by atoms with E-state index in [4.69, 9.17) is 9.68 Å². The molecular formula is C54H57N5O4. The lowest BCUT2D eigenvalue weighted by atomic mass is 9.80. The lowest BCUT2D eigenvalue weighted by molar-refractivity contribution is -0.144. The Hall–Kier alpha value is -6.68. The number of amides is 2. The lowest BCUT2D eigenvalue weighted by Crippen LogP contribution is -2.40. The minimum absolute atomic E-state index is 0.144. The molecule has 0 aliphatic carbocycles. The van der Waals surface area contributed by atoms with Gasteiger partial charge in [-0.15, -0.1) is 5.10 Å². The minimum atomic E-state index is -1.01. The number of carbonyl (C=O) groups is 2. The van der Waals surface area contributed by atoms with Crippen molar-refractivity contribution in [1.82, 2.24) is 26.0 Å². The van der Waals surface area contributed by atoms with Crippen molar-refractivity contribution in [1.29, 1.82) is 0 Å². The van der Waals surface area contributed by atoms with E-state index in [-0.39, 0.29) is 11.8 Å². The summed E-state index contributed by atoms with van der Waals surface area (Å²) in [6.45, 7) is 0.785. The zero-order valence-electron chi connectivity index (χ0n) is 35.9. The molecule has 0 bridgehead atoms. The molecule has 1 heterocycles. The smallest absolute Gasteiger partial charge is 0.243 e. The predicted octanol–water partition coefficient (Wildman–Crippen LogP) is 10.8. The van der Waals surface area contributed by atoms with Crippen LogP contribution in [0.4, 0.5) is 0 Å². The topological polar surface area (TPSA) is 107 Å². The van der Waals surface area contributed by atoms with Crippen LogP contribution in [0.1, 0.15) is 103 Å². The molecule has 322 valence electrons. The first-order valence-electron chi connectivity index (χ1n) is 22.2. The van der Waals surface area contributed by atoms with E-state index >= 15 is 0 Å². The predicted molar refractivity (Wildman–Crippen MR) is 247 cm³/mol. The molecule has 0 aliphatic rings. The highest BCUT2D eigenvalue weighted by Crippen LogP contribution is 2.41. The molecule has 0 radical (unpaired) electrons. The van der Waals surface area contributed by atoms with Crippen molar-refractivity contribution in [2.75, 3.05) is 0 Å². The highest BCUT2D eigenvalue weighted by molar-refractivity contribution is 5.75.